The minimum atomic E-state index is -4.58. The van der Waals surface area contributed by atoms with Crippen molar-refractivity contribution in [2.24, 2.45) is 0 Å². The quantitative estimate of drug-likeness (QED) is 0.893. The molecule has 1 aliphatic heterocycles. The summed E-state index contributed by atoms with van der Waals surface area (Å²) in [5.41, 5.74) is 0.243. The molecule has 1 aromatic heterocycles. The van der Waals surface area contributed by atoms with Crippen LogP contribution in [-0.4, -0.2) is 50.3 Å². The minimum absolute atomic E-state index is 0.243. The monoisotopic (exact) mass is 327 g/mol. The van der Waals surface area contributed by atoms with Crippen molar-refractivity contribution < 1.29 is 22.8 Å². The van der Waals surface area contributed by atoms with Gasteiger partial charge in [-0.2, -0.15) is 13.2 Å². The molecule has 2 heterocycles. The number of hydrogen-bond acceptors (Lipinski definition) is 4. The maximum atomic E-state index is 13.1. The number of anilines is 1. The Labute approximate surface area is 131 Å². The van der Waals surface area contributed by atoms with Crippen molar-refractivity contribution in [2.75, 3.05) is 45.2 Å². The highest BCUT2D eigenvalue weighted by Crippen LogP contribution is 2.33. The molecular weight excluding hydrogens is 309 g/mol. The highest BCUT2D eigenvalue weighted by Gasteiger charge is 2.36. The molecule has 8 heteroatoms. The Balaban J connectivity index is 2.13. The number of ether oxygens (including phenoxy) is 1. The van der Waals surface area contributed by atoms with Gasteiger partial charge >= 0.3 is 6.18 Å². The van der Waals surface area contributed by atoms with Crippen molar-refractivity contribution in [2.45, 2.75) is 6.18 Å². The molecule has 1 N–H and O–H groups in total. The van der Waals surface area contributed by atoms with Gasteiger partial charge in [0.1, 0.15) is 11.6 Å². The Kier molecular flexibility index (Phi) is 4.01. The molecule has 0 atom stereocenters. The maximum Gasteiger partial charge on any atom is 0.451 e. The van der Waals surface area contributed by atoms with Crippen molar-refractivity contribution in [3.05, 3.63) is 24.0 Å². The van der Waals surface area contributed by atoms with E-state index in [0.717, 1.165) is 13.1 Å². The number of nitrogens with one attached hydrogen (secondary N) is 1. The molecule has 0 spiro atoms. The second kappa shape index (κ2) is 5.84. The number of methoxy groups -OCH3 is 1. The zero-order valence-electron chi connectivity index (χ0n) is 12.9. The number of hydrogen-bond donors (Lipinski definition) is 1. The predicted molar refractivity (Wildman–Crippen MR) is 79.9 cm³/mol. The van der Waals surface area contributed by atoms with E-state index in [9.17, 15) is 13.2 Å². The molecular formula is C15H18F3N4O+. The van der Waals surface area contributed by atoms with Crippen LogP contribution in [0.15, 0.2) is 18.2 Å². The van der Waals surface area contributed by atoms with Gasteiger partial charge in [-0.05, 0) is 12.1 Å². The smallest absolute Gasteiger partial charge is 0.451 e. The van der Waals surface area contributed by atoms with Gasteiger partial charge in [-0.25, -0.2) is 9.97 Å². The van der Waals surface area contributed by atoms with Crippen molar-refractivity contribution >= 4 is 16.7 Å². The molecule has 1 fully saturated rings. The van der Waals surface area contributed by atoms with Gasteiger partial charge in [0, 0.05) is 11.5 Å². The number of nitrogens with zero attached hydrogens (tertiary/aromatic N) is 3. The van der Waals surface area contributed by atoms with Gasteiger partial charge in [0.25, 0.3) is 0 Å². The summed E-state index contributed by atoms with van der Waals surface area (Å²) in [7, 11) is 3.54. The van der Waals surface area contributed by atoms with Crippen LogP contribution in [0.4, 0.5) is 19.0 Å². The number of halogens is 3. The van der Waals surface area contributed by atoms with Gasteiger partial charge in [0.15, 0.2) is 0 Å². The van der Waals surface area contributed by atoms with E-state index in [2.05, 4.69) is 17.0 Å². The molecule has 2 aromatic rings. The fourth-order valence-electron chi connectivity index (χ4n) is 2.69. The molecule has 124 valence electrons. The summed E-state index contributed by atoms with van der Waals surface area (Å²) >= 11 is 0. The zero-order chi connectivity index (χ0) is 16.6. The van der Waals surface area contributed by atoms with Crippen molar-refractivity contribution in [3.8, 4) is 5.75 Å². The summed E-state index contributed by atoms with van der Waals surface area (Å²) in [5.74, 6) is -0.296. The van der Waals surface area contributed by atoms with E-state index in [-0.39, 0.29) is 5.52 Å². The number of likely N-dealkylation sites (N-methyl/N-ethyl adjacent to an activating group) is 1. The second-order valence-electron chi connectivity index (χ2n) is 5.70. The fourth-order valence-corrected chi connectivity index (χ4v) is 2.69. The lowest BCUT2D eigenvalue weighted by Gasteiger charge is -2.31. The van der Waals surface area contributed by atoms with Crippen LogP contribution in [0.25, 0.3) is 10.9 Å². The Morgan fingerprint density at radius 2 is 1.87 bits per heavy atom. The average molecular weight is 327 g/mol. The van der Waals surface area contributed by atoms with Gasteiger partial charge < -0.3 is 14.5 Å². The molecule has 0 bridgehead atoms. The molecule has 3 rings (SSSR count). The van der Waals surface area contributed by atoms with E-state index in [4.69, 9.17) is 4.74 Å². The third-order valence-electron chi connectivity index (χ3n) is 4.05. The molecule has 0 saturated carbocycles. The Bertz CT molecular complexity index is 712. The van der Waals surface area contributed by atoms with Crippen LogP contribution in [0, 0.1) is 0 Å². The number of rotatable bonds is 2. The van der Waals surface area contributed by atoms with E-state index < -0.39 is 12.0 Å². The molecule has 5 nitrogen and oxygen atoms in total. The number of alkyl halides is 3. The number of quaternary nitrogens is 1. The van der Waals surface area contributed by atoms with Crippen LogP contribution < -0.4 is 14.5 Å². The molecule has 0 unspecified atom stereocenters. The van der Waals surface area contributed by atoms with Crippen LogP contribution in [0.5, 0.6) is 5.75 Å². The summed E-state index contributed by atoms with van der Waals surface area (Å²) in [4.78, 5) is 10.8. The highest BCUT2D eigenvalue weighted by atomic mass is 19.4. The largest absolute Gasteiger partial charge is 0.497 e. The average Bonchev–Trinajstić information content (AvgIpc) is 2.53. The summed E-state index contributed by atoms with van der Waals surface area (Å²) in [5, 5.41) is 0.610. The Morgan fingerprint density at radius 1 is 1.17 bits per heavy atom. The van der Waals surface area contributed by atoms with Crippen molar-refractivity contribution in [1.29, 1.82) is 0 Å². The molecule has 1 aliphatic rings. The third kappa shape index (κ3) is 3.17. The number of fused-ring (bicyclic) bond motifs is 1. The number of aromatic nitrogens is 2. The predicted octanol–water partition coefficient (Wildman–Crippen LogP) is 0.992. The number of benzene rings is 1. The lowest BCUT2D eigenvalue weighted by Crippen LogP contribution is -3.12. The minimum Gasteiger partial charge on any atom is -0.497 e. The topological polar surface area (TPSA) is 42.7 Å². The van der Waals surface area contributed by atoms with Gasteiger partial charge in [0.05, 0.1) is 45.9 Å². The van der Waals surface area contributed by atoms with Gasteiger partial charge in [-0.15, -0.1) is 0 Å². The lowest BCUT2D eigenvalue weighted by atomic mass is 10.2. The molecule has 1 aromatic carbocycles. The van der Waals surface area contributed by atoms with Crippen molar-refractivity contribution in [3.63, 3.8) is 0 Å². The van der Waals surface area contributed by atoms with Crippen LogP contribution in [0.3, 0.4) is 0 Å². The maximum absolute atomic E-state index is 13.1. The first-order valence-corrected chi connectivity index (χ1v) is 7.37. The SMILES string of the molecule is COc1ccc2c(N3CC[NH+](C)CC3)nc(C(F)(F)F)nc2c1. The van der Waals surface area contributed by atoms with E-state index >= 15 is 0 Å². The number of piperazine rings is 1. The zero-order valence-corrected chi connectivity index (χ0v) is 12.9. The third-order valence-corrected chi connectivity index (χ3v) is 4.05. The first-order valence-electron chi connectivity index (χ1n) is 7.37. The molecule has 23 heavy (non-hydrogen) atoms. The van der Waals surface area contributed by atoms with Crippen molar-refractivity contribution in [1.82, 2.24) is 9.97 Å². The molecule has 0 radical (unpaired) electrons. The fraction of sp³-hybridized carbons (Fsp3) is 0.467. The van der Waals surface area contributed by atoms with E-state index in [1.807, 2.05) is 4.90 Å². The summed E-state index contributed by atoms with van der Waals surface area (Å²) in [6.07, 6.45) is -4.58. The summed E-state index contributed by atoms with van der Waals surface area (Å²) in [6, 6.07) is 4.94. The molecule has 0 aliphatic carbocycles. The second-order valence-corrected chi connectivity index (χ2v) is 5.70. The lowest BCUT2D eigenvalue weighted by molar-refractivity contribution is -0.880. The van der Waals surface area contributed by atoms with Crippen LogP contribution in [0.2, 0.25) is 0 Å². The van der Waals surface area contributed by atoms with Crippen LogP contribution in [0.1, 0.15) is 5.82 Å². The Hall–Kier alpha value is -2.09. The molecule has 0 amide bonds. The van der Waals surface area contributed by atoms with Gasteiger partial charge in [0.2, 0.25) is 5.82 Å². The van der Waals surface area contributed by atoms with E-state index in [0.29, 0.717) is 30.0 Å². The standard InChI is InChI=1S/C15H17F3N4O/c1-21-5-7-22(8-6-21)13-11-4-3-10(23-2)9-12(11)19-14(20-13)15(16,17)18/h3-4,9H,5-8H2,1-2H3/p+1. The highest BCUT2D eigenvalue weighted by molar-refractivity contribution is 5.90. The normalized spacial score (nSPS) is 16.8. The van der Waals surface area contributed by atoms with Gasteiger partial charge in [-0.1, -0.05) is 0 Å². The molecule has 1 saturated heterocycles. The summed E-state index contributed by atoms with van der Waals surface area (Å²) < 4.78 is 44.5. The van der Waals surface area contributed by atoms with Crippen LogP contribution in [-0.2, 0) is 6.18 Å². The van der Waals surface area contributed by atoms with Crippen LogP contribution >= 0.6 is 0 Å². The van der Waals surface area contributed by atoms with E-state index in [1.165, 1.54) is 18.1 Å². The summed E-state index contributed by atoms with van der Waals surface area (Å²) in [6.45, 7) is 3.06. The first-order chi connectivity index (χ1) is 10.9. The first kappa shape index (κ1) is 15.8. The Morgan fingerprint density at radius 3 is 2.48 bits per heavy atom. The van der Waals surface area contributed by atoms with E-state index in [1.54, 1.807) is 12.1 Å². The van der Waals surface area contributed by atoms with Gasteiger partial charge in [-0.3, -0.25) is 0 Å².